The lowest BCUT2D eigenvalue weighted by Crippen LogP contribution is -1.76. The molecule has 0 aliphatic rings. The quantitative estimate of drug-likeness (QED) is 0.731. The van der Waals surface area contributed by atoms with Crippen LogP contribution in [0.4, 0.5) is 0 Å². The Morgan fingerprint density at radius 3 is 2.08 bits per heavy atom. The third kappa shape index (κ3) is 3.47. The van der Waals surface area contributed by atoms with Crippen LogP contribution in [0.25, 0.3) is 0 Å². The number of phenolic OH excluding ortho intramolecular Hbond substituents is 1. The molecule has 70 valence electrons. The first-order chi connectivity index (χ1) is 6.04. The summed E-state index contributed by atoms with van der Waals surface area (Å²) in [6, 6.07) is 3.23. The molecule has 5 heteroatoms. The van der Waals surface area contributed by atoms with Gasteiger partial charge in [-0.3, -0.25) is 0 Å². The van der Waals surface area contributed by atoms with Gasteiger partial charge in [-0.25, -0.2) is 0 Å². The summed E-state index contributed by atoms with van der Waals surface area (Å²) in [5.41, 5.74) is 0.865. The zero-order valence-electron chi connectivity index (χ0n) is 6.67. The fraction of sp³-hybridized carbons (Fsp3) is 0.125. The van der Waals surface area contributed by atoms with Crippen LogP contribution in [-0.2, 0) is 9.59 Å². The summed E-state index contributed by atoms with van der Waals surface area (Å²) < 4.78 is 0. The van der Waals surface area contributed by atoms with Gasteiger partial charge < -0.3 is 5.11 Å². The SMILES string of the molecule is Cc1ccc(O)c(Cl)c1Cl.O=C=O. The third-order valence-corrected chi connectivity index (χ3v) is 2.22. The fourth-order valence-corrected chi connectivity index (χ4v) is 1.01. The van der Waals surface area contributed by atoms with Crippen molar-refractivity contribution >= 4 is 29.4 Å². The van der Waals surface area contributed by atoms with E-state index in [-0.39, 0.29) is 16.9 Å². The minimum Gasteiger partial charge on any atom is -0.506 e. The van der Waals surface area contributed by atoms with Gasteiger partial charge >= 0.3 is 6.15 Å². The summed E-state index contributed by atoms with van der Waals surface area (Å²) in [5.74, 6) is 0.0252. The Morgan fingerprint density at radius 2 is 1.69 bits per heavy atom. The van der Waals surface area contributed by atoms with Crippen LogP contribution >= 0.6 is 23.2 Å². The smallest absolute Gasteiger partial charge is 0.373 e. The van der Waals surface area contributed by atoms with Crippen LogP contribution < -0.4 is 0 Å². The summed E-state index contributed by atoms with van der Waals surface area (Å²) in [4.78, 5) is 16.2. The standard InChI is InChI=1S/C7H6Cl2O.CO2/c1-4-2-3-5(10)7(9)6(4)8;2-1-3/h2-3,10H,1H3;. The van der Waals surface area contributed by atoms with Crippen LogP contribution in [0.1, 0.15) is 5.56 Å². The molecule has 1 aromatic carbocycles. The summed E-state index contributed by atoms with van der Waals surface area (Å²) >= 11 is 11.3. The van der Waals surface area contributed by atoms with Crippen LogP contribution in [-0.4, -0.2) is 11.3 Å². The van der Waals surface area contributed by atoms with Crippen LogP contribution in [0.5, 0.6) is 5.75 Å². The van der Waals surface area contributed by atoms with Gasteiger partial charge in [0, 0.05) is 0 Å². The largest absolute Gasteiger partial charge is 0.506 e. The lowest BCUT2D eigenvalue weighted by molar-refractivity contribution is -0.191. The first kappa shape index (κ1) is 12.0. The number of aryl methyl sites for hydroxylation is 1. The summed E-state index contributed by atoms with van der Waals surface area (Å²) in [6.45, 7) is 1.83. The van der Waals surface area contributed by atoms with Crippen molar-refractivity contribution in [2.45, 2.75) is 6.92 Å². The lowest BCUT2D eigenvalue weighted by Gasteiger charge is -2.00. The van der Waals surface area contributed by atoms with E-state index in [1.165, 1.54) is 6.07 Å². The molecule has 3 nitrogen and oxygen atoms in total. The maximum Gasteiger partial charge on any atom is 0.373 e. The topological polar surface area (TPSA) is 54.4 Å². The molecule has 1 rings (SSSR count). The minimum atomic E-state index is 0.0252. The average molecular weight is 221 g/mol. The molecule has 0 fully saturated rings. The second-order valence-electron chi connectivity index (χ2n) is 2.11. The molecule has 0 bridgehead atoms. The van der Waals surface area contributed by atoms with Crippen molar-refractivity contribution in [2.24, 2.45) is 0 Å². The normalized spacial score (nSPS) is 8.23. The van der Waals surface area contributed by atoms with Crippen molar-refractivity contribution in [2.75, 3.05) is 0 Å². The van der Waals surface area contributed by atoms with Gasteiger partial charge in [-0.05, 0) is 18.6 Å². The molecule has 0 aromatic heterocycles. The van der Waals surface area contributed by atoms with Gasteiger partial charge in [0.25, 0.3) is 0 Å². The number of rotatable bonds is 0. The maximum atomic E-state index is 9.01. The van der Waals surface area contributed by atoms with E-state index in [0.29, 0.717) is 5.02 Å². The van der Waals surface area contributed by atoms with Gasteiger partial charge in [0.05, 0.1) is 5.02 Å². The van der Waals surface area contributed by atoms with Gasteiger partial charge in [0.1, 0.15) is 10.8 Å². The fourth-order valence-electron chi connectivity index (χ4n) is 0.636. The molecular weight excluding hydrogens is 215 g/mol. The average Bonchev–Trinajstić information content (AvgIpc) is 2.10. The molecule has 1 aromatic rings. The minimum absolute atomic E-state index is 0.0252. The van der Waals surface area contributed by atoms with E-state index in [0.717, 1.165) is 5.56 Å². The predicted molar refractivity (Wildman–Crippen MR) is 47.9 cm³/mol. The second-order valence-corrected chi connectivity index (χ2v) is 2.87. The van der Waals surface area contributed by atoms with Crippen LogP contribution in [0.2, 0.25) is 10.0 Å². The van der Waals surface area contributed by atoms with E-state index in [9.17, 15) is 0 Å². The first-order valence-electron chi connectivity index (χ1n) is 3.17. The van der Waals surface area contributed by atoms with Crippen molar-refractivity contribution < 1.29 is 14.7 Å². The number of aromatic hydroxyl groups is 1. The number of halogens is 2. The van der Waals surface area contributed by atoms with E-state index in [1.54, 1.807) is 6.07 Å². The molecule has 1 N–H and O–H groups in total. The Kier molecular flexibility index (Phi) is 5.16. The predicted octanol–water partition coefficient (Wildman–Crippen LogP) is 2.42. The van der Waals surface area contributed by atoms with Crippen LogP contribution in [0, 0.1) is 6.92 Å². The van der Waals surface area contributed by atoms with Crippen LogP contribution in [0.3, 0.4) is 0 Å². The van der Waals surface area contributed by atoms with Crippen molar-refractivity contribution in [3.8, 4) is 5.75 Å². The van der Waals surface area contributed by atoms with Crippen molar-refractivity contribution in [3.63, 3.8) is 0 Å². The number of hydrogen-bond donors (Lipinski definition) is 1. The highest BCUT2D eigenvalue weighted by Gasteiger charge is 2.04. The zero-order chi connectivity index (χ0) is 10.4. The Bertz CT molecular complexity index is 303. The molecule has 0 aliphatic carbocycles. The molecule has 0 aliphatic heterocycles. The Balaban J connectivity index is 0.000000424. The van der Waals surface area contributed by atoms with E-state index < -0.39 is 0 Å². The van der Waals surface area contributed by atoms with Gasteiger partial charge in [0.2, 0.25) is 0 Å². The third-order valence-electron chi connectivity index (χ3n) is 1.26. The van der Waals surface area contributed by atoms with Gasteiger partial charge in [-0.2, -0.15) is 9.59 Å². The molecule has 0 saturated heterocycles. The summed E-state index contributed by atoms with van der Waals surface area (Å²) in [7, 11) is 0. The molecule has 0 saturated carbocycles. The van der Waals surface area contributed by atoms with E-state index in [2.05, 4.69) is 0 Å². The van der Waals surface area contributed by atoms with Crippen LogP contribution in [0.15, 0.2) is 12.1 Å². The molecule has 0 spiro atoms. The van der Waals surface area contributed by atoms with Gasteiger partial charge in [-0.15, -0.1) is 0 Å². The molecular formula is C8H6Cl2O3. The van der Waals surface area contributed by atoms with Crippen molar-refractivity contribution in [1.82, 2.24) is 0 Å². The molecule has 0 unspecified atom stereocenters. The van der Waals surface area contributed by atoms with Crippen molar-refractivity contribution in [3.05, 3.63) is 27.7 Å². The number of hydrogen-bond acceptors (Lipinski definition) is 3. The summed E-state index contributed by atoms with van der Waals surface area (Å²) in [5, 5.41) is 9.65. The highest BCUT2D eigenvalue weighted by molar-refractivity contribution is 6.43. The Labute approximate surface area is 84.9 Å². The first-order valence-corrected chi connectivity index (χ1v) is 3.93. The zero-order valence-corrected chi connectivity index (χ0v) is 8.19. The molecule has 13 heavy (non-hydrogen) atoms. The van der Waals surface area contributed by atoms with Gasteiger partial charge in [-0.1, -0.05) is 29.3 Å². The second kappa shape index (κ2) is 5.60. The summed E-state index contributed by atoms with van der Waals surface area (Å²) in [6.07, 6.45) is 0.250. The van der Waals surface area contributed by atoms with E-state index in [4.69, 9.17) is 37.9 Å². The van der Waals surface area contributed by atoms with Gasteiger partial charge in [0.15, 0.2) is 0 Å². The van der Waals surface area contributed by atoms with E-state index >= 15 is 0 Å². The molecule has 0 atom stereocenters. The molecule has 0 heterocycles. The number of phenols is 1. The molecule has 0 amide bonds. The van der Waals surface area contributed by atoms with Crippen molar-refractivity contribution in [1.29, 1.82) is 0 Å². The highest BCUT2D eigenvalue weighted by atomic mass is 35.5. The highest BCUT2D eigenvalue weighted by Crippen LogP contribution is 2.32. The molecule has 0 radical (unpaired) electrons. The lowest BCUT2D eigenvalue weighted by atomic mass is 10.2. The number of benzene rings is 1. The monoisotopic (exact) mass is 220 g/mol. The van der Waals surface area contributed by atoms with E-state index in [1.807, 2.05) is 6.92 Å². The maximum absolute atomic E-state index is 9.01. The Morgan fingerprint density at radius 1 is 1.23 bits per heavy atom. The Hall–Kier alpha value is -1.02. The number of carbonyl (C=O) groups excluding carboxylic acids is 2.